The molecule has 1 aliphatic rings. The van der Waals surface area contributed by atoms with Crippen LogP contribution < -0.4 is 20.1 Å². The van der Waals surface area contributed by atoms with Crippen molar-refractivity contribution in [2.24, 2.45) is 0 Å². The van der Waals surface area contributed by atoms with Gasteiger partial charge < -0.3 is 4.74 Å². The molecule has 0 spiro atoms. The highest BCUT2D eigenvalue weighted by Gasteiger charge is 2.25. The minimum absolute atomic E-state index is 0.264. The molecule has 34 heavy (non-hydrogen) atoms. The van der Waals surface area contributed by atoms with Gasteiger partial charge in [0.25, 0.3) is 11.7 Å². The highest BCUT2D eigenvalue weighted by molar-refractivity contribution is 7.15. The van der Waals surface area contributed by atoms with Crippen molar-refractivity contribution in [2.75, 3.05) is 12.4 Å². The number of ether oxygens (including phenoxy) is 1. The molecular weight excluding hydrogens is 454 g/mol. The number of amides is 1. The van der Waals surface area contributed by atoms with Gasteiger partial charge in [0.1, 0.15) is 5.69 Å². The number of aryl methyl sites for hydroxylation is 1. The van der Waals surface area contributed by atoms with Gasteiger partial charge in [0.15, 0.2) is 5.01 Å². The Balaban J connectivity index is 1.67. The highest BCUT2D eigenvalue weighted by Crippen LogP contribution is 2.26. The number of rotatable bonds is 4. The molecule has 0 aliphatic carbocycles. The molecule has 3 aromatic rings. The maximum atomic E-state index is 13.2. The second-order valence-corrected chi connectivity index (χ2v) is 7.86. The summed E-state index contributed by atoms with van der Waals surface area (Å²) in [6.07, 6.45) is 3.38. The summed E-state index contributed by atoms with van der Waals surface area (Å²) in [6.45, 7) is 3.69. The zero-order valence-corrected chi connectivity index (χ0v) is 19.1. The largest absolute Gasteiger partial charge is 0.484 e. The summed E-state index contributed by atoms with van der Waals surface area (Å²) in [5.74, 6) is 8.50. The van der Waals surface area contributed by atoms with Gasteiger partial charge in [-0.1, -0.05) is 11.3 Å². The fourth-order valence-corrected chi connectivity index (χ4v) is 3.56. The van der Waals surface area contributed by atoms with E-state index in [1.165, 1.54) is 13.2 Å². The quantitative estimate of drug-likeness (QED) is 0.246. The van der Waals surface area contributed by atoms with Gasteiger partial charge in [0, 0.05) is 30.3 Å². The Morgan fingerprint density at radius 2 is 2.18 bits per heavy atom. The third-order valence-corrected chi connectivity index (χ3v) is 5.19. The monoisotopic (exact) mass is 471 g/mol. The molecule has 4 rings (SSSR count). The van der Waals surface area contributed by atoms with Crippen molar-refractivity contribution >= 4 is 45.5 Å². The number of H-pyrrole nitrogens is 2. The maximum absolute atomic E-state index is 13.2. The van der Waals surface area contributed by atoms with Crippen molar-refractivity contribution in [3.63, 3.8) is 0 Å². The molecule has 4 heterocycles. The van der Waals surface area contributed by atoms with E-state index in [0.29, 0.717) is 33.3 Å². The van der Waals surface area contributed by atoms with Gasteiger partial charge in [-0.05, 0) is 29.5 Å². The summed E-state index contributed by atoms with van der Waals surface area (Å²) in [5.41, 5.74) is 3.86. The average molecular weight is 472 g/mol. The molecule has 1 aliphatic heterocycles. The van der Waals surface area contributed by atoms with E-state index in [1.807, 2.05) is 25.9 Å². The third kappa shape index (κ3) is 4.91. The lowest BCUT2D eigenvalue weighted by atomic mass is 9.98. The van der Waals surface area contributed by atoms with Crippen LogP contribution in [0.2, 0.25) is 0 Å². The summed E-state index contributed by atoms with van der Waals surface area (Å²) in [7, 11) is 1.50. The number of aromatic nitrogens is 5. The molecule has 0 atom stereocenters. The first-order chi connectivity index (χ1) is 16.5. The Morgan fingerprint density at radius 1 is 1.32 bits per heavy atom. The van der Waals surface area contributed by atoms with Crippen molar-refractivity contribution in [3.8, 4) is 11.8 Å². The molecule has 11 nitrogen and oxygen atoms in total. The second kappa shape index (κ2) is 9.65. The normalized spacial score (nSPS) is 11.8. The summed E-state index contributed by atoms with van der Waals surface area (Å²) < 4.78 is 13.3. The van der Waals surface area contributed by atoms with Crippen LogP contribution in [0.1, 0.15) is 39.2 Å². The number of hydrogen-bond donors (Lipinski definition) is 4. The van der Waals surface area contributed by atoms with Crippen LogP contribution >= 0.6 is 11.3 Å². The lowest BCUT2D eigenvalue weighted by Crippen LogP contribution is -2.21. The van der Waals surface area contributed by atoms with Crippen molar-refractivity contribution < 1.29 is 9.53 Å². The molecule has 3 aromatic heterocycles. The molecule has 0 bridgehead atoms. The minimum atomic E-state index is -0.458. The number of carbonyl (C=O) groups is 1. The molecule has 0 saturated heterocycles. The van der Waals surface area contributed by atoms with Gasteiger partial charge in [-0.25, -0.2) is 0 Å². The van der Waals surface area contributed by atoms with Crippen molar-refractivity contribution in [1.82, 2.24) is 34.7 Å². The molecule has 0 fully saturated rings. The number of allylic oxidation sites excluding steroid dienone is 2. The van der Waals surface area contributed by atoms with E-state index < -0.39 is 5.91 Å². The molecule has 0 aromatic carbocycles. The Morgan fingerprint density at radius 3 is 2.91 bits per heavy atom. The topological polar surface area (TPSA) is 161 Å². The van der Waals surface area contributed by atoms with Crippen LogP contribution in [0.25, 0.3) is 5.57 Å². The number of methoxy groups -OCH3 is 1. The Bertz CT molecular complexity index is 1630. The fraction of sp³-hybridized carbons (Fsp3) is 0.136. The number of anilines is 1. The van der Waals surface area contributed by atoms with E-state index >= 15 is 0 Å². The number of aromatic amines is 2. The fourth-order valence-electron chi connectivity index (χ4n) is 2.97. The van der Waals surface area contributed by atoms with Crippen LogP contribution in [0.3, 0.4) is 0 Å². The van der Waals surface area contributed by atoms with E-state index in [1.54, 1.807) is 12.3 Å². The SMILES string of the molecule is COC1=C=[N+]=C(C)C=C1c1c[nH]c(=[N+]=C=N)cc1C(=O)Nc1nnc(C#Cc2cc(C)[nH]n2)s1. The van der Waals surface area contributed by atoms with E-state index in [-0.39, 0.29) is 16.2 Å². The van der Waals surface area contributed by atoms with E-state index in [0.717, 1.165) is 17.0 Å². The smallest absolute Gasteiger partial charge is 0.359 e. The van der Waals surface area contributed by atoms with E-state index in [4.69, 9.17) is 10.1 Å². The third-order valence-electron chi connectivity index (χ3n) is 4.43. The van der Waals surface area contributed by atoms with Crippen molar-refractivity contribution in [3.05, 3.63) is 63.2 Å². The Hall–Kier alpha value is -4.99. The summed E-state index contributed by atoms with van der Waals surface area (Å²) >= 11 is 1.13. The van der Waals surface area contributed by atoms with Gasteiger partial charge in [-0.2, -0.15) is 9.77 Å². The Labute approximate surface area is 196 Å². The van der Waals surface area contributed by atoms with Crippen LogP contribution in [0.5, 0.6) is 0 Å². The molecular formula is C22H17N9O2S+2. The summed E-state index contributed by atoms with van der Waals surface area (Å²) in [5, 5.41) is 25.4. The second-order valence-electron chi connectivity index (χ2n) is 6.88. The zero-order chi connectivity index (χ0) is 24.1. The van der Waals surface area contributed by atoms with E-state index in [9.17, 15) is 4.79 Å². The van der Waals surface area contributed by atoms with Gasteiger partial charge in [0.2, 0.25) is 5.13 Å². The molecule has 4 N–H and O–H groups in total. The van der Waals surface area contributed by atoms with Crippen LogP contribution in [0, 0.1) is 24.2 Å². The first-order valence-electron chi connectivity index (χ1n) is 9.77. The van der Waals surface area contributed by atoms with Gasteiger partial charge in [-0.15, -0.1) is 15.6 Å². The number of hydrogen-bond acceptors (Lipinski definition) is 7. The lowest BCUT2D eigenvalue weighted by molar-refractivity contribution is 0.102. The predicted octanol–water partition coefficient (Wildman–Crippen LogP) is 0.395. The van der Waals surface area contributed by atoms with Crippen LogP contribution in [-0.4, -0.2) is 56.0 Å². The highest BCUT2D eigenvalue weighted by atomic mass is 32.1. The van der Waals surface area contributed by atoms with Crippen LogP contribution in [0.4, 0.5) is 5.13 Å². The lowest BCUT2D eigenvalue weighted by Gasteiger charge is -2.10. The van der Waals surface area contributed by atoms with Crippen LogP contribution in [-0.2, 0) is 4.74 Å². The maximum Gasteiger partial charge on any atom is 0.359 e. The van der Waals surface area contributed by atoms with Gasteiger partial charge >= 0.3 is 23.1 Å². The molecule has 0 saturated carbocycles. The molecule has 166 valence electrons. The average Bonchev–Trinajstić information content (AvgIpc) is 3.46. The summed E-state index contributed by atoms with van der Waals surface area (Å²) in [6, 6.07) is 5.27. The standard InChI is InChI=1S/C22H15N9O2S/c1-12-7-15(18(33-3)10-24-12)17-9-25-19(26-11-23)8-16(17)21(32)27-22-31-30-20(34-22)5-4-14-6-13(2)28-29-14/h6-9,23,32H,1-3H3/p+2. The first-order valence-corrected chi connectivity index (χ1v) is 10.6. The van der Waals surface area contributed by atoms with Crippen molar-refractivity contribution in [1.29, 1.82) is 5.41 Å². The number of carbonyl (C=O) groups excluding carboxylic acids is 1. The minimum Gasteiger partial charge on any atom is -0.484 e. The zero-order valence-electron chi connectivity index (χ0n) is 18.3. The molecule has 12 heteroatoms. The van der Waals surface area contributed by atoms with Gasteiger partial charge in [-0.3, -0.25) is 20.2 Å². The van der Waals surface area contributed by atoms with Crippen molar-refractivity contribution in [2.45, 2.75) is 13.8 Å². The van der Waals surface area contributed by atoms with Crippen LogP contribution in [0.15, 0.2) is 30.2 Å². The van der Waals surface area contributed by atoms with Gasteiger partial charge in [0.05, 0.1) is 24.4 Å². The summed E-state index contributed by atoms with van der Waals surface area (Å²) in [4.78, 5) is 16.2. The number of pyridine rings is 1. The number of nitrogens with zero attached hydrogens (tertiary/aromatic N) is 5. The molecule has 0 radical (unpaired) electrons. The number of nitrogens with one attached hydrogen (secondary N) is 4. The molecule has 1 amide bonds. The first kappa shape index (κ1) is 22.2. The molecule has 0 unspecified atom stereocenters. The van der Waals surface area contributed by atoms with E-state index in [2.05, 4.69) is 57.7 Å². The predicted molar refractivity (Wildman–Crippen MR) is 127 cm³/mol. The Kier molecular flexibility index (Phi) is 6.31.